The van der Waals surface area contributed by atoms with E-state index in [1.54, 1.807) is 6.07 Å². The minimum atomic E-state index is -0.719. The fraction of sp³-hybridized carbons (Fsp3) is 0. The van der Waals surface area contributed by atoms with E-state index in [0.29, 0.717) is 0 Å². The van der Waals surface area contributed by atoms with Crippen molar-refractivity contribution < 1.29 is 14.1 Å². The van der Waals surface area contributed by atoms with Crippen LogP contribution in [-0.4, -0.2) is 9.91 Å². The van der Waals surface area contributed by atoms with Crippen LogP contribution in [0.25, 0.3) is 0 Å². The van der Waals surface area contributed by atoms with E-state index in [-0.39, 0.29) is 27.4 Å². The first-order valence-electron chi connectivity index (χ1n) is 5.19. The molecule has 8 heteroatoms. The SMILES string of the molecule is N#Cc1c(F)cccc1Oc1ncc([N+](=O)[O-])cc1Br. The van der Waals surface area contributed by atoms with Gasteiger partial charge in [-0.3, -0.25) is 10.1 Å². The summed E-state index contributed by atoms with van der Waals surface area (Å²) in [6.45, 7) is 0. The van der Waals surface area contributed by atoms with Crippen molar-refractivity contribution in [1.29, 1.82) is 5.26 Å². The van der Waals surface area contributed by atoms with Gasteiger partial charge in [-0.1, -0.05) is 6.07 Å². The maximum atomic E-state index is 13.4. The highest BCUT2D eigenvalue weighted by Gasteiger charge is 2.15. The largest absolute Gasteiger partial charge is 0.436 e. The van der Waals surface area contributed by atoms with Crippen LogP contribution in [0.4, 0.5) is 10.1 Å². The molecule has 1 heterocycles. The molecule has 0 aliphatic carbocycles. The van der Waals surface area contributed by atoms with Crippen LogP contribution in [0.2, 0.25) is 0 Å². The Kier molecular flexibility index (Phi) is 3.91. The normalized spacial score (nSPS) is 9.85. The molecule has 0 N–H and O–H groups in total. The Bertz CT molecular complexity index is 730. The average molecular weight is 338 g/mol. The first-order chi connectivity index (χ1) is 9.52. The minimum Gasteiger partial charge on any atom is -0.436 e. The lowest BCUT2D eigenvalue weighted by Crippen LogP contribution is -1.96. The molecule has 0 spiro atoms. The minimum absolute atomic E-state index is 0.00213. The number of hydrogen-bond donors (Lipinski definition) is 0. The maximum Gasteiger partial charge on any atom is 0.288 e. The Balaban J connectivity index is 2.39. The molecule has 1 aromatic carbocycles. The highest BCUT2D eigenvalue weighted by atomic mass is 79.9. The van der Waals surface area contributed by atoms with Gasteiger partial charge in [0.05, 0.1) is 9.40 Å². The van der Waals surface area contributed by atoms with Crippen LogP contribution < -0.4 is 4.74 Å². The molecule has 0 fully saturated rings. The van der Waals surface area contributed by atoms with Crippen LogP contribution in [0.3, 0.4) is 0 Å². The molecule has 0 bridgehead atoms. The molecule has 100 valence electrons. The van der Waals surface area contributed by atoms with Gasteiger partial charge in [-0.05, 0) is 28.1 Å². The summed E-state index contributed by atoms with van der Waals surface area (Å²) >= 11 is 3.07. The zero-order valence-electron chi connectivity index (χ0n) is 9.71. The smallest absolute Gasteiger partial charge is 0.288 e. The second-order valence-electron chi connectivity index (χ2n) is 3.56. The summed E-state index contributed by atoms with van der Waals surface area (Å²) < 4.78 is 18.9. The Morgan fingerprint density at radius 1 is 1.50 bits per heavy atom. The third-order valence-corrected chi connectivity index (χ3v) is 2.87. The predicted molar refractivity (Wildman–Crippen MR) is 69.8 cm³/mol. The number of hydrogen-bond acceptors (Lipinski definition) is 5. The van der Waals surface area contributed by atoms with Crippen LogP contribution in [0.5, 0.6) is 11.6 Å². The molecule has 1 aromatic heterocycles. The molecule has 0 amide bonds. The standard InChI is InChI=1S/C12H5BrFN3O3/c13-9-4-7(17(18)19)6-16-12(9)20-11-3-1-2-10(14)8(11)5-15/h1-4,6H. The van der Waals surface area contributed by atoms with Crippen LogP contribution >= 0.6 is 15.9 Å². The monoisotopic (exact) mass is 337 g/mol. The van der Waals surface area contributed by atoms with Crippen LogP contribution in [0, 0.1) is 27.3 Å². The van der Waals surface area contributed by atoms with Gasteiger partial charge in [-0.2, -0.15) is 5.26 Å². The molecule has 20 heavy (non-hydrogen) atoms. The number of rotatable bonds is 3. The number of benzene rings is 1. The fourth-order valence-corrected chi connectivity index (χ4v) is 1.81. The lowest BCUT2D eigenvalue weighted by Gasteiger charge is -2.08. The zero-order chi connectivity index (χ0) is 14.7. The summed E-state index contributed by atoms with van der Waals surface area (Å²) in [5.74, 6) is -0.740. The molecule has 0 saturated carbocycles. The summed E-state index contributed by atoms with van der Waals surface area (Å²) in [4.78, 5) is 13.7. The van der Waals surface area contributed by atoms with Gasteiger partial charge >= 0.3 is 0 Å². The molecule has 0 unspecified atom stereocenters. The summed E-state index contributed by atoms with van der Waals surface area (Å²) in [5.41, 5.74) is -0.483. The van der Waals surface area contributed by atoms with Crippen LogP contribution in [-0.2, 0) is 0 Å². The molecule has 0 atom stereocenters. The van der Waals surface area contributed by atoms with E-state index >= 15 is 0 Å². The van der Waals surface area contributed by atoms with Gasteiger partial charge in [-0.15, -0.1) is 0 Å². The van der Waals surface area contributed by atoms with Crippen LogP contribution in [0.1, 0.15) is 5.56 Å². The second-order valence-corrected chi connectivity index (χ2v) is 4.42. The van der Waals surface area contributed by atoms with E-state index in [1.165, 1.54) is 18.2 Å². The van der Waals surface area contributed by atoms with Crippen molar-refractivity contribution in [2.45, 2.75) is 0 Å². The fourth-order valence-electron chi connectivity index (χ4n) is 1.39. The molecule has 0 aliphatic heterocycles. The zero-order valence-corrected chi connectivity index (χ0v) is 11.3. The Morgan fingerprint density at radius 2 is 2.25 bits per heavy atom. The number of aromatic nitrogens is 1. The van der Waals surface area contributed by atoms with Gasteiger partial charge in [0.2, 0.25) is 5.88 Å². The summed E-state index contributed by atoms with van der Waals surface area (Å²) in [6.07, 6.45) is 1.01. The van der Waals surface area contributed by atoms with Crippen molar-refractivity contribution in [3.05, 3.63) is 56.4 Å². The number of ether oxygens (including phenoxy) is 1. The predicted octanol–water partition coefficient (Wildman–Crippen LogP) is 3.56. The van der Waals surface area contributed by atoms with Gasteiger partial charge in [0, 0.05) is 6.07 Å². The van der Waals surface area contributed by atoms with E-state index in [2.05, 4.69) is 20.9 Å². The quantitative estimate of drug-likeness (QED) is 0.631. The Hall–Kier alpha value is -2.53. The van der Waals surface area contributed by atoms with Crippen molar-refractivity contribution in [2.75, 3.05) is 0 Å². The van der Waals surface area contributed by atoms with Gasteiger partial charge in [0.1, 0.15) is 29.4 Å². The van der Waals surface area contributed by atoms with E-state index < -0.39 is 10.7 Å². The van der Waals surface area contributed by atoms with Gasteiger partial charge in [-0.25, -0.2) is 9.37 Å². The van der Waals surface area contributed by atoms with Crippen molar-refractivity contribution in [3.63, 3.8) is 0 Å². The van der Waals surface area contributed by atoms with E-state index in [0.717, 1.165) is 12.3 Å². The van der Waals surface area contributed by atoms with Crippen LogP contribution in [0.15, 0.2) is 34.9 Å². The van der Waals surface area contributed by atoms with Crippen molar-refractivity contribution in [2.24, 2.45) is 0 Å². The van der Waals surface area contributed by atoms with Gasteiger partial charge < -0.3 is 4.74 Å². The first kappa shape index (κ1) is 13.9. The maximum absolute atomic E-state index is 13.4. The van der Waals surface area contributed by atoms with Crippen molar-refractivity contribution in [1.82, 2.24) is 4.98 Å². The first-order valence-corrected chi connectivity index (χ1v) is 5.98. The molecule has 2 aromatic rings. The molecule has 0 radical (unpaired) electrons. The highest BCUT2D eigenvalue weighted by molar-refractivity contribution is 9.10. The molecule has 6 nitrogen and oxygen atoms in total. The van der Waals surface area contributed by atoms with E-state index in [1.807, 2.05) is 0 Å². The Morgan fingerprint density at radius 3 is 2.85 bits per heavy atom. The summed E-state index contributed by atoms with van der Waals surface area (Å²) in [7, 11) is 0. The number of nitrogens with zero attached hydrogens (tertiary/aromatic N) is 3. The van der Waals surface area contributed by atoms with E-state index in [9.17, 15) is 14.5 Å². The second kappa shape index (κ2) is 5.63. The number of pyridine rings is 1. The molecular weight excluding hydrogens is 333 g/mol. The third-order valence-electron chi connectivity index (χ3n) is 2.30. The molecule has 2 rings (SSSR count). The van der Waals surface area contributed by atoms with Gasteiger partial charge in [0.15, 0.2) is 0 Å². The third kappa shape index (κ3) is 2.73. The lowest BCUT2D eigenvalue weighted by molar-refractivity contribution is -0.385. The molecule has 0 saturated heterocycles. The number of halogens is 2. The molecular formula is C12H5BrFN3O3. The molecule has 0 aliphatic rings. The summed E-state index contributed by atoms with van der Waals surface area (Å²) in [6, 6.07) is 6.79. The van der Waals surface area contributed by atoms with Crippen molar-refractivity contribution in [3.8, 4) is 17.7 Å². The lowest BCUT2D eigenvalue weighted by atomic mass is 10.2. The number of nitro groups is 1. The van der Waals surface area contributed by atoms with E-state index in [4.69, 9.17) is 10.00 Å². The summed E-state index contributed by atoms with van der Waals surface area (Å²) in [5, 5.41) is 19.5. The number of nitriles is 1. The average Bonchev–Trinajstić information content (AvgIpc) is 2.41. The topological polar surface area (TPSA) is 89.0 Å². The Labute approximate surface area is 120 Å². The van der Waals surface area contributed by atoms with Gasteiger partial charge in [0.25, 0.3) is 5.69 Å². The van der Waals surface area contributed by atoms with Crippen molar-refractivity contribution >= 4 is 21.6 Å². The highest BCUT2D eigenvalue weighted by Crippen LogP contribution is 2.32.